The van der Waals surface area contributed by atoms with Crippen molar-refractivity contribution >= 4 is 17.7 Å². The van der Waals surface area contributed by atoms with Gasteiger partial charge in [-0.25, -0.2) is 9.78 Å². The van der Waals surface area contributed by atoms with Gasteiger partial charge in [0.1, 0.15) is 5.82 Å². The van der Waals surface area contributed by atoms with E-state index in [1.807, 2.05) is 6.92 Å². The minimum absolute atomic E-state index is 0.00839. The topological polar surface area (TPSA) is 88.5 Å². The molecule has 2 N–H and O–H groups in total. The number of amides is 1. The summed E-state index contributed by atoms with van der Waals surface area (Å²) in [6, 6.07) is 2.69. The fourth-order valence-corrected chi connectivity index (χ4v) is 1.29. The Morgan fingerprint density at radius 1 is 1.56 bits per heavy atom. The molecule has 6 nitrogen and oxygen atoms in total. The lowest BCUT2D eigenvalue weighted by Gasteiger charge is -2.09. The molecule has 1 amide bonds. The summed E-state index contributed by atoms with van der Waals surface area (Å²) in [6.45, 7) is 1.87. The van der Waals surface area contributed by atoms with Crippen molar-refractivity contribution in [3.05, 3.63) is 23.9 Å². The van der Waals surface area contributed by atoms with Gasteiger partial charge in [0.05, 0.1) is 11.7 Å². The molecule has 1 unspecified atom stereocenters. The molecule has 0 saturated carbocycles. The van der Waals surface area contributed by atoms with Gasteiger partial charge in [-0.05, 0) is 25.5 Å². The number of carboxylic acid groups (broad SMARTS) is 1. The van der Waals surface area contributed by atoms with Crippen LogP contribution in [-0.4, -0.2) is 35.2 Å². The van der Waals surface area contributed by atoms with Crippen molar-refractivity contribution in [2.45, 2.75) is 25.9 Å². The number of rotatable bonds is 6. The predicted octanol–water partition coefficient (Wildman–Crippen LogP) is 1.53. The van der Waals surface area contributed by atoms with Crippen LogP contribution in [0.15, 0.2) is 18.3 Å². The summed E-state index contributed by atoms with van der Waals surface area (Å²) in [5.74, 6) is -1.03. The number of methoxy groups -OCH3 is 1. The number of anilines is 1. The lowest BCUT2D eigenvalue weighted by atomic mass is 10.2. The number of ether oxygens (including phenoxy) is 1. The second-order valence-corrected chi connectivity index (χ2v) is 3.87. The standard InChI is InChI=1S/C12H16N2O4/c1-8(18-2)3-4-11(15)14-10-7-9(12(16)17)5-6-13-10/h5-8H,3-4H2,1-2H3,(H,16,17)(H,13,14,15). The number of hydrogen-bond acceptors (Lipinski definition) is 4. The fraction of sp³-hybridized carbons (Fsp3) is 0.417. The van der Waals surface area contributed by atoms with Gasteiger partial charge in [0.2, 0.25) is 5.91 Å². The zero-order valence-electron chi connectivity index (χ0n) is 10.3. The Morgan fingerprint density at radius 3 is 2.89 bits per heavy atom. The maximum absolute atomic E-state index is 11.6. The molecular formula is C12H16N2O4. The first kappa shape index (κ1) is 14.1. The Morgan fingerprint density at radius 2 is 2.28 bits per heavy atom. The summed E-state index contributed by atoms with van der Waals surface area (Å²) in [6.07, 6.45) is 2.25. The molecular weight excluding hydrogens is 236 g/mol. The van der Waals surface area contributed by atoms with E-state index in [0.29, 0.717) is 12.8 Å². The van der Waals surface area contributed by atoms with Gasteiger partial charge in [-0.3, -0.25) is 4.79 Å². The van der Waals surface area contributed by atoms with Gasteiger partial charge >= 0.3 is 5.97 Å². The summed E-state index contributed by atoms with van der Waals surface area (Å²) >= 11 is 0. The van der Waals surface area contributed by atoms with Gasteiger partial charge < -0.3 is 15.2 Å². The van der Waals surface area contributed by atoms with Gasteiger partial charge in [0.15, 0.2) is 0 Å². The third kappa shape index (κ3) is 4.50. The molecule has 98 valence electrons. The van der Waals surface area contributed by atoms with Crippen LogP contribution in [0.25, 0.3) is 0 Å². The molecule has 6 heteroatoms. The van der Waals surface area contributed by atoms with E-state index < -0.39 is 5.97 Å². The highest BCUT2D eigenvalue weighted by Crippen LogP contribution is 2.08. The van der Waals surface area contributed by atoms with Crippen molar-refractivity contribution < 1.29 is 19.4 Å². The second-order valence-electron chi connectivity index (χ2n) is 3.87. The van der Waals surface area contributed by atoms with Crippen molar-refractivity contribution in [1.29, 1.82) is 0 Å². The van der Waals surface area contributed by atoms with Crippen LogP contribution in [0.4, 0.5) is 5.82 Å². The highest BCUT2D eigenvalue weighted by molar-refractivity contribution is 5.92. The van der Waals surface area contributed by atoms with E-state index in [2.05, 4.69) is 10.3 Å². The van der Waals surface area contributed by atoms with Crippen LogP contribution in [0, 0.1) is 0 Å². The zero-order valence-corrected chi connectivity index (χ0v) is 10.3. The number of nitrogens with zero attached hydrogens (tertiary/aromatic N) is 1. The highest BCUT2D eigenvalue weighted by atomic mass is 16.5. The van der Waals surface area contributed by atoms with Crippen molar-refractivity contribution in [3.8, 4) is 0 Å². The van der Waals surface area contributed by atoms with E-state index in [1.165, 1.54) is 18.3 Å². The molecule has 0 aliphatic heterocycles. The monoisotopic (exact) mass is 252 g/mol. The molecule has 0 saturated heterocycles. The molecule has 0 aliphatic rings. The van der Waals surface area contributed by atoms with Crippen molar-refractivity contribution in [2.24, 2.45) is 0 Å². The average Bonchev–Trinajstić information content (AvgIpc) is 2.36. The van der Waals surface area contributed by atoms with E-state index in [1.54, 1.807) is 7.11 Å². The molecule has 1 rings (SSSR count). The highest BCUT2D eigenvalue weighted by Gasteiger charge is 2.09. The third-order valence-corrected chi connectivity index (χ3v) is 2.45. The maximum Gasteiger partial charge on any atom is 0.335 e. The number of carbonyl (C=O) groups is 2. The number of pyridine rings is 1. The molecule has 1 aromatic rings. The normalized spacial score (nSPS) is 11.9. The Kier molecular flexibility index (Phi) is 5.26. The molecule has 1 atom stereocenters. The Labute approximate surface area is 105 Å². The predicted molar refractivity (Wildman–Crippen MR) is 65.5 cm³/mol. The number of aromatic carboxylic acids is 1. The number of aromatic nitrogens is 1. The summed E-state index contributed by atoms with van der Waals surface area (Å²) < 4.78 is 5.03. The molecule has 0 bridgehead atoms. The van der Waals surface area contributed by atoms with Gasteiger partial charge in [0, 0.05) is 19.7 Å². The van der Waals surface area contributed by atoms with Crippen LogP contribution in [0.5, 0.6) is 0 Å². The molecule has 0 radical (unpaired) electrons. The Hall–Kier alpha value is -1.95. The first-order valence-corrected chi connectivity index (χ1v) is 5.55. The quantitative estimate of drug-likeness (QED) is 0.801. The molecule has 0 fully saturated rings. The van der Waals surface area contributed by atoms with Crippen LogP contribution in [0.3, 0.4) is 0 Å². The minimum atomic E-state index is -1.05. The van der Waals surface area contributed by atoms with Crippen LogP contribution in [-0.2, 0) is 9.53 Å². The first-order valence-electron chi connectivity index (χ1n) is 5.55. The summed E-state index contributed by atoms with van der Waals surface area (Å²) in [4.78, 5) is 26.2. The molecule has 18 heavy (non-hydrogen) atoms. The minimum Gasteiger partial charge on any atom is -0.478 e. The Balaban J connectivity index is 2.54. The molecule has 1 aromatic heterocycles. The number of carboxylic acids is 1. The van der Waals surface area contributed by atoms with Gasteiger partial charge in [-0.2, -0.15) is 0 Å². The van der Waals surface area contributed by atoms with Gasteiger partial charge in [0.25, 0.3) is 0 Å². The summed E-state index contributed by atoms with van der Waals surface area (Å²) in [5, 5.41) is 11.3. The van der Waals surface area contributed by atoms with Crippen LogP contribution < -0.4 is 5.32 Å². The van der Waals surface area contributed by atoms with Crippen molar-refractivity contribution in [2.75, 3.05) is 12.4 Å². The van der Waals surface area contributed by atoms with Crippen LogP contribution in [0.1, 0.15) is 30.1 Å². The number of carbonyl (C=O) groups excluding carboxylic acids is 1. The molecule has 0 aromatic carbocycles. The van der Waals surface area contributed by atoms with E-state index in [4.69, 9.17) is 9.84 Å². The SMILES string of the molecule is COC(C)CCC(=O)Nc1cc(C(=O)O)ccn1. The summed E-state index contributed by atoms with van der Waals surface area (Å²) in [5.41, 5.74) is 0.0885. The van der Waals surface area contributed by atoms with Crippen molar-refractivity contribution in [1.82, 2.24) is 4.98 Å². The zero-order chi connectivity index (χ0) is 13.5. The van der Waals surface area contributed by atoms with Gasteiger partial charge in [-0.15, -0.1) is 0 Å². The fourth-order valence-electron chi connectivity index (χ4n) is 1.29. The first-order chi connectivity index (χ1) is 8.52. The largest absolute Gasteiger partial charge is 0.478 e. The lowest BCUT2D eigenvalue weighted by Crippen LogP contribution is -2.16. The van der Waals surface area contributed by atoms with E-state index in [9.17, 15) is 9.59 Å². The lowest BCUT2D eigenvalue weighted by molar-refractivity contribution is -0.116. The maximum atomic E-state index is 11.6. The molecule has 0 spiro atoms. The number of nitrogens with one attached hydrogen (secondary N) is 1. The third-order valence-electron chi connectivity index (χ3n) is 2.45. The van der Waals surface area contributed by atoms with E-state index >= 15 is 0 Å². The average molecular weight is 252 g/mol. The summed E-state index contributed by atoms with van der Waals surface area (Å²) in [7, 11) is 1.58. The Bertz CT molecular complexity index is 434. The molecule has 0 aliphatic carbocycles. The molecule has 1 heterocycles. The van der Waals surface area contributed by atoms with Gasteiger partial charge in [-0.1, -0.05) is 0 Å². The number of hydrogen-bond donors (Lipinski definition) is 2. The second kappa shape index (κ2) is 6.70. The smallest absolute Gasteiger partial charge is 0.335 e. The van der Waals surface area contributed by atoms with E-state index in [0.717, 1.165) is 0 Å². The van der Waals surface area contributed by atoms with Crippen LogP contribution >= 0.6 is 0 Å². The van der Waals surface area contributed by atoms with E-state index in [-0.39, 0.29) is 23.4 Å². The van der Waals surface area contributed by atoms with Crippen molar-refractivity contribution in [3.63, 3.8) is 0 Å². The van der Waals surface area contributed by atoms with Crippen LogP contribution in [0.2, 0.25) is 0 Å².